The molecule has 0 aliphatic carbocycles. The zero-order valence-corrected chi connectivity index (χ0v) is 13.0. The molecule has 0 heterocycles. The van der Waals surface area contributed by atoms with E-state index in [1.54, 1.807) is 0 Å². The number of urea groups is 1. The van der Waals surface area contributed by atoms with Crippen molar-refractivity contribution in [1.82, 2.24) is 0 Å². The van der Waals surface area contributed by atoms with Crippen LogP contribution < -0.4 is 15.4 Å². The lowest BCUT2D eigenvalue weighted by molar-refractivity contribution is -0.139. The van der Waals surface area contributed by atoms with Crippen molar-refractivity contribution < 1.29 is 31.1 Å². The minimum Gasteiger partial charge on any atom is -0.308 e. The van der Waals surface area contributed by atoms with Gasteiger partial charge in [0.05, 0.1) is 11.3 Å². The van der Waals surface area contributed by atoms with E-state index in [-0.39, 0.29) is 5.69 Å². The van der Waals surface area contributed by atoms with E-state index >= 15 is 0 Å². The standard InChI is InChI=1S/C14H11F4N3O3S/c15-12-10(14(16,17)18)2-1-3-11(12)20-13(22)19-8-4-6-9(7-5-8)21-25(23)24/h1-7,21H,(H,23,24)(H2,19,20,22). The van der Waals surface area contributed by atoms with E-state index in [2.05, 4.69) is 10.0 Å². The van der Waals surface area contributed by atoms with Gasteiger partial charge in [0.15, 0.2) is 5.82 Å². The molecule has 0 aliphatic rings. The lowest BCUT2D eigenvalue weighted by Gasteiger charge is -2.12. The molecule has 134 valence electrons. The molecule has 0 aromatic heterocycles. The highest BCUT2D eigenvalue weighted by Crippen LogP contribution is 2.33. The van der Waals surface area contributed by atoms with Crippen LogP contribution in [0.4, 0.5) is 39.4 Å². The molecular formula is C14H11F4N3O3S. The topological polar surface area (TPSA) is 90.5 Å². The van der Waals surface area contributed by atoms with Crippen LogP contribution in [0.1, 0.15) is 5.56 Å². The van der Waals surface area contributed by atoms with Crippen molar-refractivity contribution in [2.75, 3.05) is 15.4 Å². The van der Waals surface area contributed by atoms with Crippen LogP contribution in [-0.2, 0) is 17.4 Å². The maximum Gasteiger partial charge on any atom is 0.419 e. The summed E-state index contributed by atoms with van der Waals surface area (Å²) in [5.74, 6) is -1.59. The van der Waals surface area contributed by atoms with Gasteiger partial charge in [0, 0.05) is 11.4 Å². The van der Waals surface area contributed by atoms with Crippen LogP contribution in [0.5, 0.6) is 0 Å². The molecule has 0 bridgehead atoms. The minimum atomic E-state index is -4.88. The Kier molecular flexibility index (Phi) is 5.59. The Hall–Kier alpha value is -2.66. The number of alkyl halides is 3. The van der Waals surface area contributed by atoms with Crippen LogP contribution in [0.2, 0.25) is 0 Å². The van der Waals surface area contributed by atoms with Crippen LogP contribution in [-0.4, -0.2) is 14.8 Å². The second kappa shape index (κ2) is 7.49. The Morgan fingerprint density at radius 2 is 1.60 bits per heavy atom. The zero-order chi connectivity index (χ0) is 18.6. The van der Waals surface area contributed by atoms with Gasteiger partial charge in [0.2, 0.25) is 0 Å². The van der Waals surface area contributed by atoms with Gasteiger partial charge in [-0.2, -0.15) is 13.2 Å². The van der Waals surface area contributed by atoms with Crippen LogP contribution in [0.3, 0.4) is 0 Å². The number of benzene rings is 2. The van der Waals surface area contributed by atoms with Crippen molar-refractivity contribution in [1.29, 1.82) is 0 Å². The number of rotatable bonds is 4. The number of amides is 2. The second-order valence-electron chi connectivity index (χ2n) is 4.67. The first-order valence-corrected chi connectivity index (χ1v) is 7.69. The largest absolute Gasteiger partial charge is 0.419 e. The zero-order valence-electron chi connectivity index (χ0n) is 12.2. The first kappa shape index (κ1) is 18.7. The predicted octanol–water partition coefficient (Wildman–Crippen LogP) is 4.04. The van der Waals surface area contributed by atoms with E-state index in [1.165, 1.54) is 24.3 Å². The van der Waals surface area contributed by atoms with E-state index in [0.717, 1.165) is 12.1 Å². The summed E-state index contributed by atoms with van der Waals surface area (Å²) in [4.78, 5) is 11.8. The molecule has 4 N–H and O–H groups in total. The van der Waals surface area contributed by atoms with Crippen LogP contribution in [0, 0.1) is 5.82 Å². The molecule has 0 aliphatic heterocycles. The molecular weight excluding hydrogens is 366 g/mol. The van der Waals surface area contributed by atoms with Crippen LogP contribution in [0.25, 0.3) is 0 Å². The van der Waals surface area contributed by atoms with Crippen molar-refractivity contribution in [3.63, 3.8) is 0 Å². The van der Waals surface area contributed by atoms with Gasteiger partial charge in [0.1, 0.15) is 0 Å². The van der Waals surface area contributed by atoms with Crippen molar-refractivity contribution in [2.24, 2.45) is 0 Å². The SMILES string of the molecule is O=C(Nc1ccc(NS(=O)O)cc1)Nc1cccc(C(F)(F)F)c1F. The summed E-state index contributed by atoms with van der Waals surface area (Å²) < 4.78 is 73.1. The Labute approximate surface area is 141 Å². The van der Waals surface area contributed by atoms with Crippen molar-refractivity contribution in [3.05, 3.63) is 53.8 Å². The summed E-state index contributed by atoms with van der Waals surface area (Å²) in [5.41, 5.74) is -1.58. The Morgan fingerprint density at radius 1 is 1.00 bits per heavy atom. The van der Waals surface area contributed by atoms with Gasteiger partial charge < -0.3 is 10.6 Å². The highest BCUT2D eigenvalue weighted by Gasteiger charge is 2.35. The van der Waals surface area contributed by atoms with Gasteiger partial charge in [-0.3, -0.25) is 9.27 Å². The second-order valence-corrected chi connectivity index (χ2v) is 5.38. The first-order chi connectivity index (χ1) is 11.7. The van der Waals surface area contributed by atoms with E-state index in [4.69, 9.17) is 4.55 Å². The molecule has 25 heavy (non-hydrogen) atoms. The number of hydrogen-bond donors (Lipinski definition) is 4. The Morgan fingerprint density at radius 3 is 2.16 bits per heavy atom. The summed E-state index contributed by atoms with van der Waals surface area (Å²) in [6.07, 6.45) is -4.88. The monoisotopic (exact) mass is 377 g/mol. The fourth-order valence-corrected chi connectivity index (χ4v) is 2.19. The molecule has 0 radical (unpaired) electrons. The van der Waals surface area contributed by atoms with E-state index in [1.807, 2.05) is 5.32 Å². The van der Waals surface area contributed by atoms with Crippen molar-refractivity contribution in [2.45, 2.75) is 6.18 Å². The molecule has 2 aromatic carbocycles. The maximum absolute atomic E-state index is 13.8. The third-order valence-corrected chi connectivity index (χ3v) is 3.31. The minimum absolute atomic E-state index is 0.235. The molecule has 6 nitrogen and oxygen atoms in total. The van der Waals surface area contributed by atoms with Gasteiger partial charge in [-0.05, 0) is 36.4 Å². The molecule has 2 amide bonds. The van der Waals surface area contributed by atoms with Gasteiger partial charge in [0.25, 0.3) is 11.3 Å². The lowest BCUT2D eigenvalue weighted by atomic mass is 10.2. The van der Waals surface area contributed by atoms with Crippen molar-refractivity contribution >= 4 is 34.4 Å². The molecule has 1 atom stereocenters. The fraction of sp³-hybridized carbons (Fsp3) is 0.0714. The average Bonchev–Trinajstić information content (AvgIpc) is 2.49. The Bertz CT molecular complexity index is 797. The highest BCUT2D eigenvalue weighted by atomic mass is 32.2. The number of anilines is 3. The van der Waals surface area contributed by atoms with Gasteiger partial charge >= 0.3 is 12.2 Å². The molecule has 0 saturated heterocycles. The molecule has 2 aromatic rings. The molecule has 2 rings (SSSR count). The summed E-state index contributed by atoms with van der Waals surface area (Å²) in [5, 5.41) is 4.28. The Balaban J connectivity index is 2.07. The smallest absolute Gasteiger partial charge is 0.308 e. The van der Waals surface area contributed by atoms with Gasteiger partial charge in [-0.25, -0.2) is 13.4 Å². The molecule has 0 fully saturated rings. The van der Waals surface area contributed by atoms with Gasteiger partial charge in [-0.15, -0.1) is 0 Å². The third-order valence-electron chi connectivity index (χ3n) is 2.90. The quantitative estimate of drug-likeness (QED) is 0.479. The number of nitrogens with one attached hydrogen (secondary N) is 3. The van der Waals surface area contributed by atoms with Crippen molar-refractivity contribution in [3.8, 4) is 0 Å². The third kappa shape index (κ3) is 5.16. The number of carbonyl (C=O) groups is 1. The average molecular weight is 377 g/mol. The maximum atomic E-state index is 13.8. The predicted molar refractivity (Wildman–Crippen MR) is 84.9 cm³/mol. The normalized spacial score (nSPS) is 12.4. The lowest BCUT2D eigenvalue weighted by Crippen LogP contribution is -2.21. The highest BCUT2D eigenvalue weighted by molar-refractivity contribution is 7.80. The van der Waals surface area contributed by atoms with Gasteiger partial charge in [-0.1, -0.05) is 6.07 Å². The van der Waals surface area contributed by atoms with E-state index < -0.39 is 40.5 Å². The molecule has 11 heteroatoms. The summed E-state index contributed by atoms with van der Waals surface area (Å²) in [6, 6.07) is 7.09. The number of carbonyl (C=O) groups excluding carboxylic acids is 1. The number of halogens is 4. The van der Waals surface area contributed by atoms with Crippen LogP contribution in [0.15, 0.2) is 42.5 Å². The molecule has 0 spiro atoms. The number of hydrogen-bond acceptors (Lipinski definition) is 2. The molecule has 1 unspecified atom stereocenters. The fourth-order valence-electron chi connectivity index (χ4n) is 1.85. The first-order valence-electron chi connectivity index (χ1n) is 6.58. The summed E-state index contributed by atoms with van der Waals surface area (Å²) in [6.45, 7) is 0. The van der Waals surface area contributed by atoms with E-state index in [0.29, 0.717) is 11.8 Å². The molecule has 0 saturated carbocycles. The summed E-state index contributed by atoms with van der Waals surface area (Å²) in [7, 11) is 0. The summed E-state index contributed by atoms with van der Waals surface area (Å²) >= 11 is -2.26. The van der Waals surface area contributed by atoms with E-state index in [9.17, 15) is 26.6 Å². The van der Waals surface area contributed by atoms with Crippen LogP contribution >= 0.6 is 0 Å².